The van der Waals surface area contributed by atoms with Crippen LogP contribution >= 0.6 is 23.6 Å². The molecule has 2 aliphatic heterocycles. The zero-order valence-electron chi connectivity index (χ0n) is 31.7. The van der Waals surface area contributed by atoms with Crippen molar-refractivity contribution in [2.45, 2.75) is 190 Å². The Labute approximate surface area is 287 Å². The highest BCUT2D eigenvalue weighted by Gasteiger charge is 2.49. The third-order valence-electron chi connectivity index (χ3n) is 11.2. The van der Waals surface area contributed by atoms with Gasteiger partial charge in [-0.15, -0.1) is 0 Å². The average Bonchev–Trinajstić information content (AvgIpc) is 2.87. The number of ether oxygens (including phenoxy) is 2. The third-order valence-corrected chi connectivity index (χ3v) is 13.0. The Hall–Kier alpha value is -0.560. The molecule has 0 aliphatic carbocycles. The Morgan fingerprint density at radius 3 is 1.29 bits per heavy atom. The van der Waals surface area contributed by atoms with Crippen LogP contribution in [-0.4, -0.2) is 55.1 Å². The molecule has 0 aromatic rings. The molecular formula is C37H68Cl2N2O4. The largest absolute Gasteiger partial charge is 0.462 e. The van der Waals surface area contributed by atoms with E-state index in [0.29, 0.717) is 49.9 Å². The van der Waals surface area contributed by atoms with Crippen LogP contribution in [0.15, 0.2) is 0 Å². The van der Waals surface area contributed by atoms with Crippen LogP contribution in [0, 0.1) is 34.5 Å². The second kappa shape index (κ2) is 14.1. The first kappa shape index (κ1) is 40.6. The Morgan fingerprint density at radius 2 is 0.978 bits per heavy atom. The molecule has 0 spiro atoms. The summed E-state index contributed by atoms with van der Waals surface area (Å²) in [5.74, 6) is 1.00. The molecule has 2 aliphatic rings. The molecule has 8 heteroatoms. The maximum Gasteiger partial charge on any atom is 0.311 e. The molecule has 0 N–H and O–H groups in total. The molecule has 0 bridgehead atoms. The van der Waals surface area contributed by atoms with Crippen LogP contribution in [0.1, 0.15) is 156 Å². The number of nitrogens with zero attached hydrogens (tertiary/aromatic N) is 2. The molecule has 6 nitrogen and oxygen atoms in total. The predicted octanol–water partition coefficient (Wildman–Crippen LogP) is 10.2. The van der Waals surface area contributed by atoms with E-state index in [1.54, 1.807) is 0 Å². The van der Waals surface area contributed by atoms with Crippen molar-refractivity contribution >= 4 is 35.5 Å². The smallest absolute Gasteiger partial charge is 0.311 e. The zero-order chi connectivity index (χ0) is 35.1. The van der Waals surface area contributed by atoms with Gasteiger partial charge in [-0.3, -0.25) is 9.59 Å². The summed E-state index contributed by atoms with van der Waals surface area (Å²) in [6.45, 7) is 34.0. The molecule has 0 amide bonds. The van der Waals surface area contributed by atoms with Gasteiger partial charge in [0.15, 0.2) is 0 Å². The van der Waals surface area contributed by atoms with E-state index in [1.165, 1.54) is 0 Å². The lowest BCUT2D eigenvalue weighted by Crippen LogP contribution is -2.58. The first-order chi connectivity index (χ1) is 20.1. The van der Waals surface area contributed by atoms with Crippen molar-refractivity contribution in [3.8, 4) is 0 Å². The van der Waals surface area contributed by atoms with E-state index in [1.807, 2.05) is 36.5 Å². The molecule has 2 rings (SSSR count). The van der Waals surface area contributed by atoms with Gasteiger partial charge >= 0.3 is 11.9 Å². The van der Waals surface area contributed by atoms with Crippen LogP contribution in [0.25, 0.3) is 0 Å². The van der Waals surface area contributed by atoms with Gasteiger partial charge in [0.05, 0.1) is 10.8 Å². The topological polar surface area (TPSA) is 59.1 Å². The number of esters is 2. The minimum absolute atomic E-state index is 0.131. The standard InChI is InChI=1S/C37H68Cl2N2O4/c1-17-24(2)29(23-33(7,8)31(43)45-28-21-36(13,14)41(39)37(15,16)22-28)26(4)25(3)18-32(5,6)30(42)44-27-19-34(9,10)40(38)35(11,12)20-27/h24-29H,17-23H2,1-16H3. The van der Waals surface area contributed by atoms with E-state index in [9.17, 15) is 9.59 Å². The highest BCUT2D eigenvalue weighted by molar-refractivity contribution is 6.14. The normalized spacial score (nSPS) is 25.6. The predicted molar refractivity (Wildman–Crippen MR) is 188 cm³/mol. The van der Waals surface area contributed by atoms with Crippen molar-refractivity contribution in [1.29, 1.82) is 0 Å². The number of hydrogen-bond acceptors (Lipinski definition) is 6. The van der Waals surface area contributed by atoms with Crippen molar-refractivity contribution < 1.29 is 19.1 Å². The van der Waals surface area contributed by atoms with Gasteiger partial charge in [0, 0.05) is 47.8 Å². The second-order valence-corrected chi connectivity index (χ2v) is 19.4. The summed E-state index contributed by atoms with van der Waals surface area (Å²) in [6.07, 6.45) is 4.95. The fourth-order valence-electron chi connectivity index (χ4n) is 8.50. The van der Waals surface area contributed by atoms with Crippen molar-refractivity contribution in [2.75, 3.05) is 0 Å². The second-order valence-electron chi connectivity index (χ2n) is 18.7. The highest BCUT2D eigenvalue weighted by Crippen LogP contribution is 2.46. The monoisotopic (exact) mass is 674 g/mol. The SMILES string of the molecule is CCC(C)C(CC(C)(C)C(=O)OC1CC(C)(C)N(Cl)C(C)(C)C1)C(C)C(C)CC(C)(C)C(=O)OC1CC(C)(C)N(Cl)C(C)(C)C1. The first-order valence-corrected chi connectivity index (χ1v) is 18.1. The minimum atomic E-state index is -0.639. The van der Waals surface area contributed by atoms with E-state index in [0.717, 1.165) is 12.8 Å². The summed E-state index contributed by atoms with van der Waals surface area (Å²) in [5.41, 5.74) is -2.37. The van der Waals surface area contributed by atoms with Crippen molar-refractivity contribution in [1.82, 2.24) is 8.84 Å². The van der Waals surface area contributed by atoms with Crippen LogP contribution < -0.4 is 0 Å². The Balaban J connectivity index is 2.13. The van der Waals surface area contributed by atoms with Gasteiger partial charge in [-0.25, -0.2) is 8.84 Å². The van der Waals surface area contributed by atoms with Gasteiger partial charge in [0.1, 0.15) is 12.2 Å². The molecule has 2 heterocycles. The lowest BCUT2D eigenvalue weighted by Gasteiger charge is -2.51. The van der Waals surface area contributed by atoms with Crippen molar-refractivity contribution in [3.05, 3.63) is 0 Å². The van der Waals surface area contributed by atoms with Gasteiger partial charge in [-0.2, -0.15) is 0 Å². The lowest BCUT2D eigenvalue weighted by molar-refractivity contribution is -0.168. The van der Waals surface area contributed by atoms with E-state index in [2.05, 4.69) is 83.1 Å². The van der Waals surface area contributed by atoms with Crippen LogP contribution in [0.4, 0.5) is 0 Å². The maximum atomic E-state index is 13.8. The summed E-state index contributed by atoms with van der Waals surface area (Å²) in [7, 11) is 0. The lowest BCUT2D eigenvalue weighted by atomic mass is 9.66. The molecule has 4 atom stereocenters. The summed E-state index contributed by atoms with van der Waals surface area (Å²) < 4.78 is 16.2. The molecule has 0 radical (unpaired) electrons. The van der Waals surface area contributed by atoms with E-state index in [4.69, 9.17) is 33.0 Å². The fourth-order valence-corrected chi connectivity index (χ4v) is 8.77. The average molecular weight is 676 g/mol. The van der Waals surface area contributed by atoms with E-state index < -0.39 is 10.8 Å². The maximum absolute atomic E-state index is 13.8. The minimum Gasteiger partial charge on any atom is -0.462 e. The highest BCUT2D eigenvalue weighted by atomic mass is 35.5. The summed E-state index contributed by atoms with van der Waals surface area (Å²) in [4.78, 5) is 27.4. The Morgan fingerprint density at radius 1 is 0.667 bits per heavy atom. The van der Waals surface area contributed by atoms with E-state index in [-0.39, 0.29) is 52.2 Å². The van der Waals surface area contributed by atoms with Crippen molar-refractivity contribution in [3.63, 3.8) is 0 Å². The number of piperidine rings is 2. The van der Waals surface area contributed by atoms with Gasteiger partial charge in [-0.1, -0.05) is 34.1 Å². The summed E-state index contributed by atoms with van der Waals surface area (Å²) in [5, 5.41) is 0. The molecule has 264 valence electrons. The van der Waals surface area contributed by atoms with Gasteiger partial charge in [0.25, 0.3) is 0 Å². The molecule has 0 saturated carbocycles. The quantitative estimate of drug-likeness (QED) is 0.152. The van der Waals surface area contributed by atoms with Gasteiger partial charge in [0.2, 0.25) is 0 Å². The summed E-state index contributed by atoms with van der Waals surface area (Å²) in [6, 6.07) is 0. The van der Waals surface area contributed by atoms with Crippen LogP contribution in [0.3, 0.4) is 0 Å². The van der Waals surface area contributed by atoms with Crippen LogP contribution in [0.2, 0.25) is 0 Å². The number of carbonyl (C=O) groups excluding carboxylic acids is 2. The first-order valence-electron chi connectivity index (χ1n) is 17.4. The Bertz CT molecular complexity index is 1000. The molecular weight excluding hydrogens is 607 g/mol. The third kappa shape index (κ3) is 9.76. The molecule has 2 saturated heterocycles. The number of halogens is 2. The molecule has 0 aromatic heterocycles. The zero-order valence-corrected chi connectivity index (χ0v) is 33.2. The fraction of sp³-hybridized carbons (Fsp3) is 0.946. The Kier molecular flexibility index (Phi) is 12.7. The number of hydrogen-bond donors (Lipinski definition) is 0. The number of rotatable bonds is 12. The summed E-state index contributed by atoms with van der Waals surface area (Å²) >= 11 is 13.3. The molecule has 45 heavy (non-hydrogen) atoms. The van der Waals surface area contributed by atoms with E-state index >= 15 is 0 Å². The molecule has 2 fully saturated rings. The van der Waals surface area contributed by atoms with Gasteiger partial charge < -0.3 is 9.47 Å². The van der Waals surface area contributed by atoms with Crippen LogP contribution in [0.5, 0.6) is 0 Å². The van der Waals surface area contributed by atoms with Crippen molar-refractivity contribution in [2.24, 2.45) is 34.5 Å². The molecule has 0 aromatic carbocycles. The number of carbonyl (C=O) groups is 2. The molecule has 4 unspecified atom stereocenters. The van der Waals surface area contributed by atoms with Crippen LogP contribution in [-0.2, 0) is 19.1 Å². The van der Waals surface area contributed by atoms with Gasteiger partial charge in [-0.05, 0) is 143 Å².